The van der Waals surface area contributed by atoms with Gasteiger partial charge in [0.1, 0.15) is 11.6 Å². The normalized spacial score (nSPS) is 14.8. The number of benzene rings is 3. The van der Waals surface area contributed by atoms with Gasteiger partial charge in [0, 0.05) is 43.3 Å². The highest BCUT2D eigenvalue weighted by molar-refractivity contribution is 6.30. The van der Waals surface area contributed by atoms with Gasteiger partial charge in [0.05, 0.1) is 33.4 Å². The smallest absolute Gasteiger partial charge is 0.227 e. The highest BCUT2D eigenvalue weighted by atomic mass is 35.5. The summed E-state index contributed by atoms with van der Waals surface area (Å²) in [5.41, 5.74) is 1.61. The molecule has 1 aliphatic heterocycles. The first kappa shape index (κ1) is 27.8. The van der Waals surface area contributed by atoms with Crippen LogP contribution in [0.4, 0.5) is 8.78 Å². The number of rotatable bonds is 10. The molecule has 9 heteroatoms. The number of amides is 1. The van der Waals surface area contributed by atoms with Gasteiger partial charge in [-0.2, -0.15) is 0 Å². The third-order valence-electron chi connectivity index (χ3n) is 6.68. The standard InChI is InChI=1S/C29H31ClF2N2O4/c1-36-26-11-6-20(16-27(26)37-2)17-29(35)34-14-12-33(13-15-34)18-28(21-7-9-22(30)10-8-21)38-19-23-24(31)4-3-5-25(23)32/h3-11,16,28H,12-15,17-19H2,1-2H3. The van der Waals surface area contributed by atoms with Crippen molar-refractivity contribution in [2.24, 2.45) is 0 Å². The van der Waals surface area contributed by atoms with Crippen LogP contribution in [0.25, 0.3) is 0 Å². The Kier molecular flexibility index (Phi) is 9.55. The summed E-state index contributed by atoms with van der Waals surface area (Å²) in [6, 6.07) is 16.5. The number of ether oxygens (including phenoxy) is 3. The van der Waals surface area contributed by atoms with Gasteiger partial charge >= 0.3 is 0 Å². The SMILES string of the molecule is COc1ccc(CC(=O)N2CCN(CC(OCc3c(F)cccc3F)c3ccc(Cl)cc3)CC2)cc1OC. The quantitative estimate of drug-likeness (QED) is 0.348. The molecule has 0 aromatic heterocycles. The number of hydrogen-bond acceptors (Lipinski definition) is 5. The molecule has 1 saturated heterocycles. The van der Waals surface area contributed by atoms with Crippen LogP contribution in [-0.2, 0) is 22.6 Å². The fourth-order valence-corrected chi connectivity index (χ4v) is 4.60. The van der Waals surface area contributed by atoms with Gasteiger partial charge in [0.25, 0.3) is 0 Å². The first-order chi connectivity index (χ1) is 18.4. The molecule has 1 unspecified atom stereocenters. The zero-order valence-corrected chi connectivity index (χ0v) is 22.2. The van der Waals surface area contributed by atoms with E-state index in [1.807, 2.05) is 29.2 Å². The van der Waals surface area contributed by atoms with Gasteiger partial charge in [-0.05, 0) is 47.5 Å². The van der Waals surface area contributed by atoms with Crippen molar-refractivity contribution in [3.63, 3.8) is 0 Å². The average molecular weight is 545 g/mol. The number of nitrogens with zero attached hydrogens (tertiary/aromatic N) is 2. The number of carbonyl (C=O) groups is 1. The zero-order chi connectivity index (χ0) is 27.1. The lowest BCUT2D eigenvalue weighted by Gasteiger charge is -2.36. The van der Waals surface area contributed by atoms with E-state index >= 15 is 0 Å². The van der Waals surface area contributed by atoms with Crippen LogP contribution < -0.4 is 9.47 Å². The van der Waals surface area contributed by atoms with Crippen LogP contribution in [0, 0.1) is 11.6 Å². The fourth-order valence-electron chi connectivity index (χ4n) is 4.48. The molecule has 1 aliphatic rings. The lowest BCUT2D eigenvalue weighted by molar-refractivity contribution is -0.132. The molecular formula is C29H31ClF2N2O4. The Morgan fingerprint density at radius 3 is 2.21 bits per heavy atom. The Morgan fingerprint density at radius 1 is 0.921 bits per heavy atom. The molecule has 0 radical (unpaired) electrons. The Balaban J connectivity index is 1.36. The first-order valence-electron chi connectivity index (χ1n) is 12.4. The van der Waals surface area contributed by atoms with Crippen LogP contribution in [0.5, 0.6) is 11.5 Å². The van der Waals surface area contributed by atoms with Crippen molar-refractivity contribution in [1.29, 1.82) is 0 Å². The van der Waals surface area contributed by atoms with Crippen LogP contribution in [0.3, 0.4) is 0 Å². The van der Waals surface area contributed by atoms with Crippen molar-refractivity contribution in [2.45, 2.75) is 19.1 Å². The molecule has 0 spiro atoms. The van der Waals surface area contributed by atoms with Crippen molar-refractivity contribution in [2.75, 3.05) is 46.9 Å². The Morgan fingerprint density at radius 2 is 1.58 bits per heavy atom. The van der Waals surface area contributed by atoms with Gasteiger partial charge in [0.15, 0.2) is 11.5 Å². The van der Waals surface area contributed by atoms with E-state index in [9.17, 15) is 13.6 Å². The van der Waals surface area contributed by atoms with Crippen molar-refractivity contribution in [1.82, 2.24) is 9.80 Å². The van der Waals surface area contributed by atoms with E-state index in [0.717, 1.165) is 11.1 Å². The first-order valence-corrected chi connectivity index (χ1v) is 12.8. The highest BCUT2D eigenvalue weighted by Crippen LogP contribution is 2.28. The number of carbonyl (C=O) groups excluding carboxylic acids is 1. The van der Waals surface area contributed by atoms with Crippen molar-refractivity contribution in [3.05, 3.63) is 94.0 Å². The second kappa shape index (κ2) is 13.0. The molecule has 0 saturated carbocycles. The molecule has 1 heterocycles. The molecule has 1 fully saturated rings. The maximum atomic E-state index is 14.2. The van der Waals surface area contributed by atoms with Crippen LogP contribution in [0.15, 0.2) is 60.7 Å². The Labute approximate surface area is 226 Å². The summed E-state index contributed by atoms with van der Waals surface area (Å²) in [5, 5.41) is 0.592. The largest absolute Gasteiger partial charge is 0.493 e. The molecule has 0 bridgehead atoms. The zero-order valence-electron chi connectivity index (χ0n) is 21.5. The summed E-state index contributed by atoms with van der Waals surface area (Å²) in [6.45, 7) is 2.76. The molecule has 6 nitrogen and oxygen atoms in total. The monoisotopic (exact) mass is 544 g/mol. The number of methoxy groups -OCH3 is 2. The van der Waals surface area contributed by atoms with Gasteiger partial charge < -0.3 is 19.1 Å². The third kappa shape index (κ3) is 7.01. The Hall–Kier alpha value is -3.20. The molecule has 0 N–H and O–H groups in total. The van der Waals surface area contributed by atoms with Crippen LogP contribution >= 0.6 is 11.6 Å². The second-order valence-corrected chi connectivity index (χ2v) is 9.54. The molecule has 1 amide bonds. The van der Waals surface area contributed by atoms with Crippen molar-refractivity contribution in [3.8, 4) is 11.5 Å². The van der Waals surface area contributed by atoms with Crippen LogP contribution in [0.2, 0.25) is 5.02 Å². The van der Waals surface area contributed by atoms with E-state index in [2.05, 4.69) is 4.90 Å². The molecule has 3 aromatic rings. The molecule has 202 valence electrons. The molecular weight excluding hydrogens is 514 g/mol. The van der Waals surface area contributed by atoms with E-state index in [1.165, 1.54) is 18.2 Å². The van der Waals surface area contributed by atoms with Gasteiger partial charge in [-0.25, -0.2) is 8.78 Å². The summed E-state index contributed by atoms with van der Waals surface area (Å²) >= 11 is 6.06. The topological polar surface area (TPSA) is 51.2 Å². The van der Waals surface area contributed by atoms with Crippen molar-refractivity contribution >= 4 is 17.5 Å². The predicted octanol–water partition coefficient (Wildman–Crippen LogP) is 5.28. The van der Waals surface area contributed by atoms with E-state index in [4.69, 9.17) is 25.8 Å². The summed E-state index contributed by atoms with van der Waals surface area (Å²) < 4.78 is 45.0. The average Bonchev–Trinajstić information content (AvgIpc) is 2.93. The number of halogens is 3. The predicted molar refractivity (Wildman–Crippen MR) is 142 cm³/mol. The minimum Gasteiger partial charge on any atom is -0.493 e. The van der Waals surface area contributed by atoms with Gasteiger partial charge in [0.2, 0.25) is 5.91 Å². The second-order valence-electron chi connectivity index (χ2n) is 9.10. The van der Waals surface area contributed by atoms with E-state index in [-0.39, 0.29) is 24.5 Å². The Bertz CT molecular complexity index is 1210. The molecule has 0 aliphatic carbocycles. The fraction of sp³-hybridized carbons (Fsp3) is 0.345. The molecule has 38 heavy (non-hydrogen) atoms. The summed E-state index contributed by atoms with van der Waals surface area (Å²) in [5.74, 6) is -0.0287. The molecule has 1 atom stereocenters. The van der Waals surface area contributed by atoms with E-state index in [0.29, 0.717) is 49.2 Å². The van der Waals surface area contributed by atoms with Gasteiger partial charge in [-0.3, -0.25) is 9.69 Å². The lowest BCUT2D eigenvalue weighted by atomic mass is 10.1. The van der Waals surface area contributed by atoms with E-state index in [1.54, 1.807) is 32.4 Å². The summed E-state index contributed by atoms with van der Waals surface area (Å²) in [4.78, 5) is 17.0. The van der Waals surface area contributed by atoms with Gasteiger partial charge in [-0.15, -0.1) is 0 Å². The lowest BCUT2D eigenvalue weighted by Crippen LogP contribution is -2.50. The molecule has 3 aromatic carbocycles. The van der Waals surface area contributed by atoms with Gasteiger partial charge in [-0.1, -0.05) is 35.9 Å². The minimum atomic E-state index is -0.638. The third-order valence-corrected chi connectivity index (χ3v) is 6.94. The summed E-state index contributed by atoms with van der Waals surface area (Å²) in [6.07, 6.45) is -0.161. The van der Waals surface area contributed by atoms with E-state index < -0.39 is 17.7 Å². The van der Waals surface area contributed by atoms with Crippen LogP contribution in [0.1, 0.15) is 22.8 Å². The maximum absolute atomic E-state index is 14.2. The maximum Gasteiger partial charge on any atom is 0.227 e. The van der Waals surface area contributed by atoms with Crippen LogP contribution in [-0.4, -0.2) is 62.7 Å². The minimum absolute atomic E-state index is 0.0393. The molecule has 4 rings (SSSR count). The summed E-state index contributed by atoms with van der Waals surface area (Å²) in [7, 11) is 3.14. The van der Waals surface area contributed by atoms with Crippen molar-refractivity contribution < 1.29 is 27.8 Å². The number of piperazine rings is 1. The highest BCUT2D eigenvalue weighted by Gasteiger charge is 2.25. The number of hydrogen-bond donors (Lipinski definition) is 0.